The minimum Gasteiger partial charge on any atom is -0.387 e. The first-order chi connectivity index (χ1) is 10.6. The van der Waals surface area contributed by atoms with Crippen LogP contribution in [0.1, 0.15) is 17.4 Å². The van der Waals surface area contributed by atoms with Crippen molar-refractivity contribution in [2.45, 2.75) is 13.0 Å². The number of hydrogen-bond acceptors (Lipinski definition) is 5. The molecule has 2 heterocycles. The summed E-state index contributed by atoms with van der Waals surface area (Å²) >= 11 is 7.59. The van der Waals surface area contributed by atoms with Crippen molar-refractivity contribution in [1.82, 2.24) is 9.88 Å². The minimum absolute atomic E-state index is 0.467. The van der Waals surface area contributed by atoms with Gasteiger partial charge in [-0.2, -0.15) is 0 Å². The summed E-state index contributed by atoms with van der Waals surface area (Å²) in [6.07, 6.45) is -0.467. The predicted molar refractivity (Wildman–Crippen MR) is 91.9 cm³/mol. The van der Waals surface area contributed by atoms with Crippen molar-refractivity contribution < 1.29 is 5.11 Å². The maximum atomic E-state index is 10.3. The number of nitrogens with zero attached hydrogens (tertiary/aromatic N) is 3. The van der Waals surface area contributed by atoms with Crippen LogP contribution in [0.15, 0.2) is 29.6 Å². The highest BCUT2D eigenvalue weighted by atomic mass is 35.5. The molecule has 1 saturated heterocycles. The molecule has 1 unspecified atom stereocenters. The van der Waals surface area contributed by atoms with Crippen LogP contribution >= 0.6 is 22.9 Å². The first-order valence-electron chi connectivity index (χ1n) is 7.45. The number of β-amino-alcohol motifs (C(OH)–C–C–N with tert-alkyl or cyclic N) is 1. The molecule has 0 amide bonds. The lowest BCUT2D eigenvalue weighted by molar-refractivity contribution is 0.109. The van der Waals surface area contributed by atoms with E-state index < -0.39 is 6.10 Å². The number of aliphatic hydroxyl groups is 1. The van der Waals surface area contributed by atoms with E-state index in [1.807, 2.05) is 31.2 Å². The number of anilines is 1. The summed E-state index contributed by atoms with van der Waals surface area (Å²) in [7, 11) is 0. The SMILES string of the molecule is Cc1csc(N2CCN(CC(O)c3ccc(Cl)cc3)CC2)n1. The fourth-order valence-electron chi connectivity index (χ4n) is 2.64. The van der Waals surface area contributed by atoms with E-state index >= 15 is 0 Å². The highest BCUT2D eigenvalue weighted by molar-refractivity contribution is 7.13. The van der Waals surface area contributed by atoms with Crippen LogP contribution in [0.2, 0.25) is 5.02 Å². The standard InChI is InChI=1S/C16H20ClN3OS/c1-12-11-22-16(18-12)20-8-6-19(7-9-20)10-15(21)13-2-4-14(17)5-3-13/h2-5,11,15,21H,6-10H2,1H3. The number of piperazine rings is 1. The average molecular weight is 338 g/mol. The quantitative estimate of drug-likeness (QED) is 0.931. The summed E-state index contributed by atoms with van der Waals surface area (Å²) in [4.78, 5) is 9.16. The third-order valence-corrected chi connectivity index (χ3v) is 5.21. The molecule has 1 aliphatic heterocycles. The number of halogens is 1. The number of aliphatic hydroxyl groups excluding tert-OH is 1. The van der Waals surface area contributed by atoms with Crippen LogP contribution in [0.5, 0.6) is 0 Å². The Hall–Kier alpha value is -1.14. The summed E-state index contributed by atoms with van der Waals surface area (Å²) in [6.45, 7) is 6.50. The second-order valence-electron chi connectivity index (χ2n) is 5.63. The van der Waals surface area contributed by atoms with E-state index in [9.17, 15) is 5.11 Å². The monoisotopic (exact) mass is 337 g/mol. The average Bonchev–Trinajstić information content (AvgIpc) is 2.95. The lowest BCUT2D eigenvalue weighted by Crippen LogP contribution is -2.47. The van der Waals surface area contributed by atoms with Gasteiger partial charge in [-0.15, -0.1) is 11.3 Å². The second-order valence-corrected chi connectivity index (χ2v) is 6.90. The molecule has 6 heteroatoms. The summed E-state index contributed by atoms with van der Waals surface area (Å²) in [5, 5.41) is 14.2. The number of benzene rings is 1. The Morgan fingerprint density at radius 1 is 1.23 bits per heavy atom. The van der Waals surface area contributed by atoms with E-state index in [2.05, 4.69) is 20.2 Å². The van der Waals surface area contributed by atoms with Gasteiger partial charge >= 0.3 is 0 Å². The molecule has 1 aliphatic rings. The Morgan fingerprint density at radius 2 is 1.91 bits per heavy atom. The molecule has 22 heavy (non-hydrogen) atoms. The van der Waals surface area contributed by atoms with E-state index in [1.54, 1.807) is 11.3 Å². The van der Waals surface area contributed by atoms with Crippen LogP contribution in [-0.4, -0.2) is 47.7 Å². The lowest BCUT2D eigenvalue weighted by atomic mass is 10.1. The molecule has 1 aromatic carbocycles. The molecule has 118 valence electrons. The topological polar surface area (TPSA) is 39.6 Å². The Morgan fingerprint density at radius 3 is 2.50 bits per heavy atom. The molecule has 0 saturated carbocycles. The molecule has 3 rings (SSSR count). The van der Waals surface area contributed by atoms with E-state index in [4.69, 9.17) is 11.6 Å². The number of hydrogen-bond donors (Lipinski definition) is 1. The van der Waals surface area contributed by atoms with Crippen LogP contribution in [0.3, 0.4) is 0 Å². The maximum Gasteiger partial charge on any atom is 0.185 e. The molecule has 4 nitrogen and oxygen atoms in total. The Labute approximate surface area is 140 Å². The number of aromatic nitrogens is 1. The third kappa shape index (κ3) is 3.79. The normalized spacial score (nSPS) is 17.7. The van der Waals surface area contributed by atoms with Crippen molar-refractivity contribution in [1.29, 1.82) is 0 Å². The van der Waals surface area contributed by atoms with Crippen LogP contribution in [-0.2, 0) is 0 Å². The van der Waals surface area contributed by atoms with Gasteiger partial charge in [0, 0.05) is 43.1 Å². The van der Waals surface area contributed by atoms with E-state index in [-0.39, 0.29) is 0 Å². The van der Waals surface area contributed by atoms with Crippen LogP contribution in [0.4, 0.5) is 5.13 Å². The van der Waals surface area contributed by atoms with Crippen molar-refractivity contribution in [3.63, 3.8) is 0 Å². The van der Waals surface area contributed by atoms with Crippen LogP contribution < -0.4 is 4.90 Å². The van der Waals surface area contributed by atoms with Gasteiger partial charge in [0.1, 0.15) is 0 Å². The summed E-state index contributed by atoms with van der Waals surface area (Å²) in [5.74, 6) is 0. The van der Waals surface area contributed by atoms with Gasteiger partial charge < -0.3 is 10.0 Å². The van der Waals surface area contributed by atoms with Crippen molar-refractivity contribution >= 4 is 28.1 Å². The molecule has 0 aliphatic carbocycles. The Balaban J connectivity index is 1.52. The number of thiazole rings is 1. The van der Waals surface area contributed by atoms with Crippen molar-refractivity contribution in [3.8, 4) is 0 Å². The molecule has 0 bridgehead atoms. The summed E-state index contributed by atoms with van der Waals surface area (Å²) < 4.78 is 0. The number of rotatable bonds is 4. The Kier molecular flexibility index (Phi) is 4.98. The number of aryl methyl sites for hydroxylation is 1. The molecule has 1 aromatic heterocycles. The van der Waals surface area contributed by atoms with Crippen LogP contribution in [0.25, 0.3) is 0 Å². The first-order valence-corrected chi connectivity index (χ1v) is 8.70. The van der Waals surface area contributed by atoms with Crippen LogP contribution in [0, 0.1) is 6.92 Å². The minimum atomic E-state index is -0.467. The fourth-order valence-corrected chi connectivity index (χ4v) is 3.63. The third-order valence-electron chi connectivity index (χ3n) is 3.94. The summed E-state index contributed by atoms with van der Waals surface area (Å²) in [5.41, 5.74) is 2.00. The van der Waals surface area contributed by atoms with Gasteiger partial charge in [-0.3, -0.25) is 4.90 Å². The molecular formula is C16H20ClN3OS. The van der Waals surface area contributed by atoms with Gasteiger partial charge in [0.25, 0.3) is 0 Å². The predicted octanol–water partition coefficient (Wildman–Crippen LogP) is 2.96. The molecule has 1 atom stereocenters. The van der Waals surface area contributed by atoms with Gasteiger partial charge in [-0.1, -0.05) is 23.7 Å². The molecule has 1 N–H and O–H groups in total. The highest BCUT2D eigenvalue weighted by Crippen LogP contribution is 2.22. The fraction of sp³-hybridized carbons (Fsp3) is 0.438. The molecular weight excluding hydrogens is 318 g/mol. The van der Waals surface area contributed by atoms with Crippen molar-refractivity contribution in [3.05, 3.63) is 45.9 Å². The largest absolute Gasteiger partial charge is 0.387 e. The van der Waals surface area contributed by atoms with Gasteiger partial charge in [0.2, 0.25) is 0 Å². The molecule has 0 radical (unpaired) electrons. The van der Waals surface area contributed by atoms with Gasteiger partial charge in [0.05, 0.1) is 11.8 Å². The smallest absolute Gasteiger partial charge is 0.185 e. The van der Waals surface area contributed by atoms with E-state index in [1.165, 1.54) is 0 Å². The van der Waals surface area contributed by atoms with E-state index in [0.29, 0.717) is 11.6 Å². The molecule has 2 aromatic rings. The zero-order valence-corrected chi connectivity index (χ0v) is 14.1. The van der Waals surface area contributed by atoms with Crippen molar-refractivity contribution in [2.75, 3.05) is 37.6 Å². The maximum absolute atomic E-state index is 10.3. The zero-order chi connectivity index (χ0) is 15.5. The van der Waals surface area contributed by atoms with Gasteiger partial charge in [-0.25, -0.2) is 4.98 Å². The van der Waals surface area contributed by atoms with Gasteiger partial charge in [-0.05, 0) is 24.6 Å². The lowest BCUT2D eigenvalue weighted by Gasteiger charge is -2.35. The Bertz CT molecular complexity index is 608. The zero-order valence-electron chi connectivity index (χ0n) is 12.6. The summed E-state index contributed by atoms with van der Waals surface area (Å²) in [6, 6.07) is 7.43. The molecule has 0 spiro atoms. The van der Waals surface area contributed by atoms with Crippen molar-refractivity contribution in [2.24, 2.45) is 0 Å². The van der Waals surface area contributed by atoms with Gasteiger partial charge in [0.15, 0.2) is 5.13 Å². The molecule has 1 fully saturated rings. The first kappa shape index (κ1) is 15.7. The van der Waals surface area contributed by atoms with E-state index in [0.717, 1.165) is 42.6 Å². The highest BCUT2D eigenvalue weighted by Gasteiger charge is 2.21. The second kappa shape index (κ2) is 6.96.